The molecule has 1 aliphatic heterocycles. The Morgan fingerprint density at radius 1 is 1.60 bits per heavy atom. The van der Waals surface area contributed by atoms with Crippen LogP contribution in [-0.4, -0.2) is 55.9 Å². The largest absolute Gasteiger partial charge is 0.381 e. The average Bonchev–Trinajstić information content (AvgIpc) is 2.89. The monoisotopic (exact) mass is 302 g/mol. The van der Waals surface area contributed by atoms with Crippen LogP contribution < -0.4 is 5.73 Å². The zero-order chi connectivity index (χ0) is 14.6. The molecule has 1 fully saturated rings. The van der Waals surface area contributed by atoms with Crippen LogP contribution in [0.2, 0.25) is 0 Å². The third-order valence-electron chi connectivity index (χ3n) is 3.45. The first kappa shape index (κ1) is 15.4. The Kier molecular flexibility index (Phi) is 5.14. The van der Waals surface area contributed by atoms with Gasteiger partial charge in [-0.2, -0.15) is 5.10 Å². The highest BCUT2D eigenvalue weighted by Crippen LogP contribution is 2.19. The molecule has 1 aliphatic rings. The van der Waals surface area contributed by atoms with Gasteiger partial charge >= 0.3 is 0 Å². The van der Waals surface area contributed by atoms with Gasteiger partial charge in [-0.1, -0.05) is 0 Å². The summed E-state index contributed by atoms with van der Waals surface area (Å²) in [6, 6.07) is 0. The van der Waals surface area contributed by atoms with E-state index < -0.39 is 10.0 Å². The Morgan fingerprint density at radius 2 is 2.40 bits per heavy atom. The average molecular weight is 302 g/mol. The van der Waals surface area contributed by atoms with Crippen molar-refractivity contribution in [1.29, 1.82) is 0 Å². The Morgan fingerprint density at radius 3 is 3.05 bits per heavy atom. The van der Waals surface area contributed by atoms with Gasteiger partial charge in [0.2, 0.25) is 10.0 Å². The first-order chi connectivity index (χ1) is 9.54. The summed E-state index contributed by atoms with van der Waals surface area (Å²) in [6.45, 7) is 2.82. The van der Waals surface area contributed by atoms with Crippen molar-refractivity contribution in [2.24, 2.45) is 11.7 Å². The van der Waals surface area contributed by atoms with E-state index in [1.54, 1.807) is 11.7 Å². The maximum absolute atomic E-state index is 12.4. The third kappa shape index (κ3) is 3.57. The van der Waals surface area contributed by atoms with Gasteiger partial charge in [0.1, 0.15) is 4.90 Å². The van der Waals surface area contributed by atoms with Gasteiger partial charge in [-0.05, 0) is 18.8 Å². The third-order valence-corrected chi connectivity index (χ3v) is 5.22. The number of hydrogen-bond acceptors (Lipinski definition) is 5. The molecule has 0 amide bonds. The molecule has 1 saturated heterocycles. The second kappa shape index (κ2) is 6.66. The van der Waals surface area contributed by atoms with Crippen LogP contribution in [0.25, 0.3) is 0 Å². The van der Waals surface area contributed by atoms with Gasteiger partial charge in [0.25, 0.3) is 0 Å². The van der Waals surface area contributed by atoms with E-state index in [2.05, 4.69) is 5.10 Å². The summed E-state index contributed by atoms with van der Waals surface area (Å²) >= 11 is 0. The van der Waals surface area contributed by atoms with Crippen LogP contribution in [0, 0.1) is 5.92 Å². The number of sulfonamides is 1. The zero-order valence-corrected chi connectivity index (χ0v) is 12.6. The van der Waals surface area contributed by atoms with Crippen molar-refractivity contribution < 1.29 is 13.2 Å². The van der Waals surface area contributed by atoms with Crippen molar-refractivity contribution in [3.8, 4) is 0 Å². The minimum absolute atomic E-state index is 0.213. The van der Waals surface area contributed by atoms with E-state index in [1.807, 2.05) is 0 Å². The molecule has 1 aromatic heterocycles. The number of rotatable bonds is 6. The Hall–Kier alpha value is -0.960. The molecule has 8 heteroatoms. The summed E-state index contributed by atoms with van der Waals surface area (Å²) in [4.78, 5) is 0.213. The van der Waals surface area contributed by atoms with E-state index in [0.717, 1.165) is 19.4 Å². The van der Waals surface area contributed by atoms with Crippen LogP contribution in [0.1, 0.15) is 12.8 Å². The highest BCUT2D eigenvalue weighted by molar-refractivity contribution is 7.89. The molecule has 0 radical (unpaired) electrons. The number of ether oxygens (including phenoxy) is 1. The van der Waals surface area contributed by atoms with Gasteiger partial charge in [0, 0.05) is 32.9 Å². The van der Waals surface area contributed by atoms with Crippen molar-refractivity contribution in [3.05, 3.63) is 12.4 Å². The van der Waals surface area contributed by atoms with Crippen molar-refractivity contribution in [2.45, 2.75) is 24.3 Å². The van der Waals surface area contributed by atoms with Crippen molar-refractivity contribution in [2.75, 3.05) is 33.4 Å². The summed E-state index contributed by atoms with van der Waals surface area (Å²) in [5.74, 6) is 0.266. The molecule has 0 bridgehead atoms. The summed E-state index contributed by atoms with van der Waals surface area (Å²) in [7, 11) is -1.88. The second-order valence-corrected chi connectivity index (χ2v) is 7.14. The smallest absolute Gasteiger partial charge is 0.245 e. The quantitative estimate of drug-likeness (QED) is 0.792. The molecule has 0 saturated carbocycles. The number of aromatic nitrogens is 2. The molecule has 7 nitrogen and oxygen atoms in total. The van der Waals surface area contributed by atoms with Gasteiger partial charge in [0.05, 0.1) is 19.3 Å². The van der Waals surface area contributed by atoms with Crippen LogP contribution in [0.4, 0.5) is 0 Å². The van der Waals surface area contributed by atoms with Gasteiger partial charge in [-0.25, -0.2) is 12.7 Å². The summed E-state index contributed by atoms with van der Waals surface area (Å²) in [5.41, 5.74) is 5.43. The summed E-state index contributed by atoms with van der Waals surface area (Å²) in [6.07, 6.45) is 4.90. The fraction of sp³-hybridized carbons (Fsp3) is 0.750. The summed E-state index contributed by atoms with van der Waals surface area (Å²) < 4.78 is 33.2. The highest BCUT2D eigenvalue weighted by Gasteiger charge is 2.26. The molecule has 20 heavy (non-hydrogen) atoms. The lowest BCUT2D eigenvalue weighted by Gasteiger charge is -2.26. The van der Waals surface area contributed by atoms with Crippen molar-refractivity contribution in [3.63, 3.8) is 0 Å². The van der Waals surface area contributed by atoms with E-state index in [9.17, 15) is 8.42 Å². The van der Waals surface area contributed by atoms with Gasteiger partial charge in [-0.15, -0.1) is 0 Å². The van der Waals surface area contributed by atoms with Gasteiger partial charge in [0.15, 0.2) is 0 Å². The number of nitrogens with two attached hydrogens (primary N) is 1. The fourth-order valence-corrected chi connectivity index (χ4v) is 3.53. The predicted molar refractivity (Wildman–Crippen MR) is 74.6 cm³/mol. The molecule has 1 unspecified atom stereocenters. The lowest BCUT2D eigenvalue weighted by atomic mass is 10.0. The van der Waals surface area contributed by atoms with E-state index in [0.29, 0.717) is 26.2 Å². The maximum atomic E-state index is 12.4. The highest BCUT2D eigenvalue weighted by atomic mass is 32.2. The molecule has 2 heterocycles. The Balaban J connectivity index is 2.03. The standard InChI is InChI=1S/C12H22N4O3S/c1-15(8-11-3-2-6-19-10-11)20(17,18)12-7-14-16(9-12)5-4-13/h7,9,11H,2-6,8,10,13H2,1H3. The molecule has 1 atom stereocenters. The first-order valence-electron chi connectivity index (χ1n) is 6.80. The number of hydrogen-bond donors (Lipinski definition) is 1. The van der Waals surface area contributed by atoms with Crippen LogP contribution >= 0.6 is 0 Å². The SMILES string of the molecule is CN(CC1CCCOC1)S(=O)(=O)c1cnn(CCN)c1. The van der Waals surface area contributed by atoms with Crippen molar-refractivity contribution >= 4 is 10.0 Å². The Labute approximate surface area is 119 Å². The molecule has 1 aromatic rings. The lowest BCUT2D eigenvalue weighted by Crippen LogP contribution is -2.35. The zero-order valence-electron chi connectivity index (χ0n) is 11.7. The van der Waals surface area contributed by atoms with Crippen molar-refractivity contribution in [1.82, 2.24) is 14.1 Å². The van der Waals surface area contributed by atoms with E-state index >= 15 is 0 Å². The lowest BCUT2D eigenvalue weighted by molar-refractivity contribution is 0.0495. The van der Waals surface area contributed by atoms with Crippen LogP contribution in [-0.2, 0) is 21.3 Å². The molecular weight excluding hydrogens is 280 g/mol. The second-order valence-electron chi connectivity index (χ2n) is 5.10. The first-order valence-corrected chi connectivity index (χ1v) is 8.24. The molecule has 0 aliphatic carbocycles. The molecule has 2 N–H and O–H groups in total. The predicted octanol–water partition coefficient (Wildman–Crippen LogP) is -0.111. The van der Waals surface area contributed by atoms with Crippen LogP contribution in [0.5, 0.6) is 0 Å². The number of nitrogens with zero attached hydrogens (tertiary/aromatic N) is 3. The van der Waals surface area contributed by atoms with Crippen LogP contribution in [0.3, 0.4) is 0 Å². The topological polar surface area (TPSA) is 90.5 Å². The van der Waals surface area contributed by atoms with Gasteiger partial charge < -0.3 is 10.5 Å². The van der Waals surface area contributed by atoms with E-state index in [-0.39, 0.29) is 10.8 Å². The van der Waals surface area contributed by atoms with E-state index in [1.165, 1.54) is 16.7 Å². The molecule has 114 valence electrons. The molecule has 0 spiro atoms. The fourth-order valence-electron chi connectivity index (χ4n) is 2.33. The molecular formula is C12H22N4O3S. The van der Waals surface area contributed by atoms with E-state index in [4.69, 9.17) is 10.5 Å². The normalized spacial score (nSPS) is 20.4. The molecule has 0 aromatic carbocycles. The molecule has 2 rings (SSSR count). The minimum atomic E-state index is -3.48. The minimum Gasteiger partial charge on any atom is -0.381 e. The van der Waals surface area contributed by atoms with Gasteiger partial charge in [-0.3, -0.25) is 4.68 Å². The Bertz CT molecular complexity index is 523. The summed E-state index contributed by atoms with van der Waals surface area (Å²) in [5, 5.41) is 4.01. The maximum Gasteiger partial charge on any atom is 0.245 e. The van der Waals surface area contributed by atoms with Crippen LogP contribution in [0.15, 0.2) is 17.3 Å².